The highest BCUT2D eigenvalue weighted by Gasteiger charge is 2.07. The van der Waals surface area contributed by atoms with Crippen LogP contribution in [0.3, 0.4) is 0 Å². The average molecular weight is 416 g/mol. The van der Waals surface area contributed by atoms with E-state index in [1.807, 2.05) is 13.8 Å². The van der Waals surface area contributed by atoms with Gasteiger partial charge in [0.05, 0.1) is 24.6 Å². The number of hydrogen-bond acceptors (Lipinski definition) is 7. The van der Waals surface area contributed by atoms with Gasteiger partial charge in [0.2, 0.25) is 11.9 Å². The van der Waals surface area contributed by atoms with Gasteiger partial charge in [0, 0.05) is 0 Å². The van der Waals surface area contributed by atoms with Crippen LogP contribution in [0.25, 0.3) is 0 Å². The molecule has 0 aromatic heterocycles. The van der Waals surface area contributed by atoms with Crippen molar-refractivity contribution < 1.29 is 23.9 Å². The largest absolute Gasteiger partial charge is 0.558 e. The molecule has 0 saturated heterocycles. The van der Waals surface area contributed by atoms with Gasteiger partial charge in [-0.25, -0.2) is 9.98 Å². The summed E-state index contributed by atoms with van der Waals surface area (Å²) in [7, 11) is 0. The van der Waals surface area contributed by atoms with Gasteiger partial charge < -0.3 is 30.6 Å². The van der Waals surface area contributed by atoms with Gasteiger partial charge >= 0.3 is 6.16 Å². The Hall–Kier alpha value is -4.15. The first kappa shape index (κ1) is 22.1. The highest BCUT2D eigenvalue weighted by Crippen LogP contribution is 2.18. The van der Waals surface area contributed by atoms with Crippen LogP contribution in [0.15, 0.2) is 58.5 Å². The van der Waals surface area contributed by atoms with Crippen molar-refractivity contribution in [3.63, 3.8) is 0 Å². The zero-order chi connectivity index (χ0) is 21.8. The lowest BCUT2D eigenvalue weighted by Gasteiger charge is -2.08. The molecule has 0 fully saturated rings. The van der Waals surface area contributed by atoms with Crippen LogP contribution < -0.4 is 31.9 Å². The fraction of sp³-hybridized carbons (Fsp3) is 0.211. The second-order valence-corrected chi connectivity index (χ2v) is 5.51. The normalized spacial score (nSPS) is 11.4. The number of hydroxylamine groups is 2. The lowest BCUT2D eigenvalue weighted by molar-refractivity contribution is 0.0179. The maximum Gasteiger partial charge on any atom is 0.558 e. The molecule has 6 N–H and O–H groups in total. The van der Waals surface area contributed by atoms with E-state index in [4.69, 9.17) is 20.9 Å². The Morgan fingerprint density at radius 1 is 0.767 bits per heavy atom. The Kier molecular flexibility index (Phi) is 8.59. The van der Waals surface area contributed by atoms with E-state index in [9.17, 15) is 4.79 Å². The number of nitrogens with one attached hydrogen (secondary N) is 2. The Balaban J connectivity index is 1.76. The number of rotatable bonds is 6. The molecule has 11 heteroatoms. The number of aliphatic imine (C=N–C) groups is 2. The molecular weight excluding hydrogens is 392 g/mol. The van der Waals surface area contributed by atoms with Crippen molar-refractivity contribution in [3.8, 4) is 11.5 Å². The summed E-state index contributed by atoms with van der Waals surface area (Å²) in [6, 6.07) is 13.7. The van der Waals surface area contributed by atoms with Gasteiger partial charge in [-0.2, -0.15) is 15.8 Å². The number of hydrogen-bond donors (Lipinski definition) is 4. The molecule has 0 aliphatic rings. The molecule has 11 nitrogen and oxygen atoms in total. The third-order valence-corrected chi connectivity index (χ3v) is 3.27. The first-order valence-corrected chi connectivity index (χ1v) is 9.03. The van der Waals surface area contributed by atoms with E-state index in [0.717, 1.165) is 0 Å². The molecule has 0 atom stereocenters. The molecule has 30 heavy (non-hydrogen) atoms. The monoisotopic (exact) mass is 416 g/mol. The van der Waals surface area contributed by atoms with Crippen LogP contribution in [-0.2, 0) is 9.68 Å². The van der Waals surface area contributed by atoms with E-state index >= 15 is 0 Å². The van der Waals surface area contributed by atoms with E-state index in [1.165, 1.54) is 0 Å². The summed E-state index contributed by atoms with van der Waals surface area (Å²) in [5, 5.41) is 0. The second-order valence-electron chi connectivity index (χ2n) is 5.51. The number of nitrogens with zero attached hydrogens (tertiary/aromatic N) is 2. The molecule has 0 heterocycles. The fourth-order valence-electron chi connectivity index (χ4n) is 2.10. The molecular formula is C19H24N6O5. The minimum Gasteiger partial charge on any atom is -0.494 e. The topological polar surface area (TPSA) is 155 Å². The van der Waals surface area contributed by atoms with E-state index in [-0.39, 0.29) is 11.9 Å². The standard InChI is InChI=1S/C19H24N6O5/c1-3-27-15-9-5-13(6-10-15)22-17(20)24-29-19(26)30-25-18(21)23-14-7-11-16(12-8-14)28-4-2/h5-12H,3-4H2,1-2H3,(H3,20,22,24)(H3,21,23,25). The highest BCUT2D eigenvalue weighted by molar-refractivity contribution is 5.82. The molecule has 2 aromatic rings. The molecule has 160 valence electrons. The average Bonchev–Trinajstić information content (AvgIpc) is 2.74. The predicted molar refractivity (Wildman–Crippen MR) is 112 cm³/mol. The van der Waals surface area contributed by atoms with Crippen molar-refractivity contribution in [2.75, 3.05) is 13.2 Å². The van der Waals surface area contributed by atoms with Gasteiger partial charge in [-0.1, -0.05) is 0 Å². The maximum absolute atomic E-state index is 11.6. The summed E-state index contributed by atoms with van der Waals surface area (Å²) in [5.74, 6) is 1.09. The van der Waals surface area contributed by atoms with Crippen molar-refractivity contribution in [2.45, 2.75) is 13.8 Å². The predicted octanol–water partition coefficient (Wildman–Crippen LogP) is 2.24. The van der Waals surface area contributed by atoms with Crippen LogP contribution in [-0.4, -0.2) is 31.3 Å². The number of carbonyl (C=O) groups is 1. The third kappa shape index (κ3) is 7.84. The zero-order valence-corrected chi connectivity index (χ0v) is 16.6. The Morgan fingerprint density at radius 2 is 1.13 bits per heavy atom. The smallest absolute Gasteiger partial charge is 0.494 e. The van der Waals surface area contributed by atoms with Crippen molar-refractivity contribution in [2.24, 2.45) is 21.5 Å². The lowest BCUT2D eigenvalue weighted by Crippen LogP contribution is -2.38. The minimum atomic E-state index is -1.15. The summed E-state index contributed by atoms with van der Waals surface area (Å²) < 4.78 is 10.7. The first-order valence-electron chi connectivity index (χ1n) is 9.03. The summed E-state index contributed by atoms with van der Waals surface area (Å²) in [6.07, 6.45) is -1.15. The van der Waals surface area contributed by atoms with Crippen LogP contribution in [0, 0.1) is 0 Å². The van der Waals surface area contributed by atoms with Gasteiger partial charge in [-0.15, -0.1) is 0 Å². The molecule has 0 spiro atoms. The summed E-state index contributed by atoms with van der Waals surface area (Å²) in [6.45, 7) is 4.90. The van der Waals surface area contributed by atoms with Gasteiger partial charge in [0.15, 0.2) is 0 Å². The maximum atomic E-state index is 11.6. The Labute approximate surface area is 173 Å². The molecule has 2 aromatic carbocycles. The quantitative estimate of drug-likeness (QED) is 0.315. The van der Waals surface area contributed by atoms with Crippen molar-refractivity contribution in [1.29, 1.82) is 0 Å². The van der Waals surface area contributed by atoms with Gasteiger partial charge in [-0.3, -0.25) is 0 Å². The van der Waals surface area contributed by atoms with E-state index < -0.39 is 6.16 Å². The molecule has 0 amide bonds. The van der Waals surface area contributed by atoms with Crippen LogP contribution in [0.5, 0.6) is 11.5 Å². The third-order valence-electron chi connectivity index (χ3n) is 3.27. The molecule has 0 aliphatic carbocycles. The van der Waals surface area contributed by atoms with E-state index in [0.29, 0.717) is 36.1 Å². The first-order chi connectivity index (χ1) is 14.5. The fourth-order valence-corrected chi connectivity index (χ4v) is 2.10. The number of guanidine groups is 2. The second kappa shape index (κ2) is 11.6. The summed E-state index contributed by atoms with van der Waals surface area (Å²) in [5.41, 5.74) is 16.6. The molecule has 0 radical (unpaired) electrons. The van der Waals surface area contributed by atoms with Gasteiger partial charge in [-0.05, 0) is 62.4 Å². The Bertz CT molecular complexity index is 796. The van der Waals surface area contributed by atoms with E-state index in [1.54, 1.807) is 48.5 Å². The zero-order valence-electron chi connectivity index (χ0n) is 16.6. The van der Waals surface area contributed by atoms with Crippen LogP contribution in [0.1, 0.15) is 13.8 Å². The lowest BCUT2D eigenvalue weighted by atomic mass is 10.3. The Morgan fingerprint density at radius 3 is 1.47 bits per heavy atom. The molecule has 0 saturated carbocycles. The van der Waals surface area contributed by atoms with Crippen molar-refractivity contribution >= 4 is 29.4 Å². The van der Waals surface area contributed by atoms with Crippen LogP contribution in [0.2, 0.25) is 0 Å². The van der Waals surface area contributed by atoms with Gasteiger partial charge in [0.25, 0.3) is 0 Å². The molecule has 0 bridgehead atoms. The number of benzene rings is 2. The highest BCUT2D eigenvalue weighted by atomic mass is 16.9. The number of nitrogens with two attached hydrogens (primary N) is 2. The number of ether oxygens (including phenoxy) is 2. The molecule has 0 unspecified atom stereocenters. The summed E-state index contributed by atoms with van der Waals surface area (Å²) >= 11 is 0. The van der Waals surface area contributed by atoms with Crippen molar-refractivity contribution in [1.82, 2.24) is 11.0 Å². The minimum absolute atomic E-state index is 0.160. The SMILES string of the molecule is CCOc1ccc(N=C(N)NOC(=O)ONC(N)=Nc2ccc(OCC)cc2)cc1. The van der Waals surface area contributed by atoms with Gasteiger partial charge in [0.1, 0.15) is 11.5 Å². The number of carbonyl (C=O) groups excluding carboxylic acids is 1. The van der Waals surface area contributed by atoms with Crippen LogP contribution in [0.4, 0.5) is 16.2 Å². The van der Waals surface area contributed by atoms with Crippen molar-refractivity contribution in [3.05, 3.63) is 48.5 Å². The molecule has 2 rings (SSSR count). The van der Waals surface area contributed by atoms with E-state index in [2.05, 4.69) is 30.6 Å². The molecule has 0 aliphatic heterocycles. The van der Waals surface area contributed by atoms with Crippen LogP contribution >= 0.6 is 0 Å². The summed E-state index contributed by atoms with van der Waals surface area (Å²) in [4.78, 5) is 28.8.